The van der Waals surface area contributed by atoms with E-state index in [0.29, 0.717) is 0 Å². The second-order valence-electron chi connectivity index (χ2n) is 2.28. The van der Waals surface area contributed by atoms with E-state index in [1.165, 1.54) is 7.11 Å². The Labute approximate surface area is 60.1 Å². The van der Waals surface area contributed by atoms with Crippen LogP contribution in [-0.2, 0) is 4.74 Å². The molecule has 0 bridgehead atoms. The molecule has 1 aliphatic rings. The summed E-state index contributed by atoms with van der Waals surface area (Å²) in [5.74, 6) is 0. The SMILES string of the molecule is COC(=O)NC1CC=CC1. The van der Waals surface area contributed by atoms with Gasteiger partial charge in [0.05, 0.1) is 7.11 Å². The number of hydrogen-bond donors (Lipinski definition) is 1. The Hall–Kier alpha value is -0.990. The van der Waals surface area contributed by atoms with Crippen molar-refractivity contribution in [2.45, 2.75) is 18.9 Å². The van der Waals surface area contributed by atoms with Gasteiger partial charge in [-0.05, 0) is 12.8 Å². The van der Waals surface area contributed by atoms with Crippen LogP contribution in [0.1, 0.15) is 12.8 Å². The summed E-state index contributed by atoms with van der Waals surface area (Å²) in [6, 6.07) is 0.257. The first-order chi connectivity index (χ1) is 4.83. The van der Waals surface area contributed by atoms with Crippen LogP contribution in [0.25, 0.3) is 0 Å². The van der Waals surface area contributed by atoms with Gasteiger partial charge in [-0.25, -0.2) is 4.79 Å². The van der Waals surface area contributed by atoms with Crippen molar-refractivity contribution < 1.29 is 9.53 Å². The van der Waals surface area contributed by atoms with Crippen LogP contribution in [0.5, 0.6) is 0 Å². The van der Waals surface area contributed by atoms with E-state index in [-0.39, 0.29) is 12.1 Å². The molecule has 0 aromatic carbocycles. The van der Waals surface area contributed by atoms with E-state index in [9.17, 15) is 4.79 Å². The van der Waals surface area contributed by atoms with Gasteiger partial charge in [-0.15, -0.1) is 0 Å². The van der Waals surface area contributed by atoms with Crippen LogP contribution in [0.2, 0.25) is 0 Å². The lowest BCUT2D eigenvalue weighted by Gasteiger charge is -2.09. The molecule has 0 spiro atoms. The van der Waals surface area contributed by atoms with Crippen LogP contribution in [0.4, 0.5) is 4.79 Å². The minimum atomic E-state index is -0.339. The molecule has 0 atom stereocenters. The van der Waals surface area contributed by atoms with Gasteiger partial charge >= 0.3 is 6.09 Å². The molecule has 3 nitrogen and oxygen atoms in total. The number of hydrogen-bond acceptors (Lipinski definition) is 2. The van der Waals surface area contributed by atoms with Crippen molar-refractivity contribution in [1.29, 1.82) is 0 Å². The van der Waals surface area contributed by atoms with E-state index in [1.54, 1.807) is 0 Å². The molecule has 3 heteroatoms. The quantitative estimate of drug-likeness (QED) is 0.554. The number of nitrogens with one attached hydrogen (secondary N) is 1. The smallest absolute Gasteiger partial charge is 0.407 e. The zero-order valence-corrected chi connectivity index (χ0v) is 5.96. The maximum absolute atomic E-state index is 10.6. The molecule has 56 valence electrons. The fraction of sp³-hybridized carbons (Fsp3) is 0.571. The summed E-state index contributed by atoms with van der Waals surface area (Å²) in [6.07, 6.45) is 5.62. The molecule has 0 saturated carbocycles. The number of carbonyl (C=O) groups excluding carboxylic acids is 1. The summed E-state index contributed by atoms with van der Waals surface area (Å²) in [5.41, 5.74) is 0. The van der Waals surface area contributed by atoms with Gasteiger partial charge in [-0.3, -0.25) is 0 Å². The molecular formula is C7H11NO2. The van der Waals surface area contributed by atoms with E-state index in [0.717, 1.165) is 12.8 Å². The molecule has 1 N–H and O–H groups in total. The average molecular weight is 141 g/mol. The Morgan fingerprint density at radius 2 is 2.20 bits per heavy atom. The number of carbonyl (C=O) groups is 1. The molecule has 0 unspecified atom stereocenters. The van der Waals surface area contributed by atoms with Gasteiger partial charge in [0, 0.05) is 6.04 Å². The first-order valence-corrected chi connectivity index (χ1v) is 3.32. The summed E-state index contributed by atoms with van der Waals surface area (Å²) in [7, 11) is 1.37. The van der Waals surface area contributed by atoms with E-state index in [2.05, 4.69) is 22.2 Å². The predicted molar refractivity (Wildman–Crippen MR) is 37.7 cm³/mol. The molecule has 1 amide bonds. The largest absolute Gasteiger partial charge is 0.453 e. The highest BCUT2D eigenvalue weighted by Crippen LogP contribution is 2.08. The molecular weight excluding hydrogens is 130 g/mol. The summed E-state index contributed by atoms with van der Waals surface area (Å²) >= 11 is 0. The molecule has 1 aliphatic carbocycles. The van der Waals surface area contributed by atoms with E-state index in [4.69, 9.17) is 0 Å². The van der Waals surface area contributed by atoms with Crippen molar-refractivity contribution in [3.05, 3.63) is 12.2 Å². The standard InChI is InChI=1S/C7H11NO2/c1-10-7(9)8-6-4-2-3-5-6/h2-3,6H,4-5H2,1H3,(H,8,9). The maximum Gasteiger partial charge on any atom is 0.407 e. The Morgan fingerprint density at radius 3 is 2.70 bits per heavy atom. The number of alkyl carbamates (subject to hydrolysis) is 1. The highest BCUT2D eigenvalue weighted by atomic mass is 16.5. The molecule has 0 aromatic rings. The Bertz CT molecular complexity index is 146. The van der Waals surface area contributed by atoms with Crippen LogP contribution in [0, 0.1) is 0 Å². The first-order valence-electron chi connectivity index (χ1n) is 3.32. The van der Waals surface area contributed by atoms with Crippen LogP contribution in [-0.4, -0.2) is 19.2 Å². The summed E-state index contributed by atoms with van der Waals surface area (Å²) in [5, 5.41) is 2.70. The second kappa shape index (κ2) is 3.25. The number of rotatable bonds is 1. The van der Waals surface area contributed by atoms with E-state index < -0.39 is 0 Å². The monoisotopic (exact) mass is 141 g/mol. The van der Waals surface area contributed by atoms with Crippen LogP contribution in [0.15, 0.2) is 12.2 Å². The molecule has 0 saturated heterocycles. The average Bonchev–Trinajstić information content (AvgIpc) is 2.40. The van der Waals surface area contributed by atoms with Crippen molar-refractivity contribution in [3.8, 4) is 0 Å². The van der Waals surface area contributed by atoms with Crippen molar-refractivity contribution in [1.82, 2.24) is 5.32 Å². The Morgan fingerprint density at radius 1 is 1.60 bits per heavy atom. The van der Waals surface area contributed by atoms with Gasteiger partial charge in [-0.2, -0.15) is 0 Å². The van der Waals surface area contributed by atoms with Gasteiger partial charge in [0.25, 0.3) is 0 Å². The maximum atomic E-state index is 10.6. The van der Waals surface area contributed by atoms with Crippen molar-refractivity contribution in [3.63, 3.8) is 0 Å². The molecule has 0 aliphatic heterocycles. The van der Waals surface area contributed by atoms with Crippen molar-refractivity contribution >= 4 is 6.09 Å². The second-order valence-corrected chi connectivity index (χ2v) is 2.28. The van der Waals surface area contributed by atoms with Gasteiger partial charge in [0.2, 0.25) is 0 Å². The van der Waals surface area contributed by atoms with Gasteiger partial charge in [0.1, 0.15) is 0 Å². The van der Waals surface area contributed by atoms with E-state index in [1.807, 2.05) is 0 Å². The van der Waals surface area contributed by atoms with E-state index >= 15 is 0 Å². The van der Waals surface area contributed by atoms with Crippen LogP contribution < -0.4 is 5.32 Å². The van der Waals surface area contributed by atoms with Gasteiger partial charge in [-0.1, -0.05) is 12.2 Å². The summed E-state index contributed by atoms with van der Waals surface area (Å²) < 4.78 is 4.43. The highest BCUT2D eigenvalue weighted by molar-refractivity contribution is 5.67. The molecule has 0 aromatic heterocycles. The lowest BCUT2D eigenvalue weighted by Crippen LogP contribution is -2.32. The molecule has 0 fully saturated rings. The van der Waals surface area contributed by atoms with Crippen molar-refractivity contribution in [2.24, 2.45) is 0 Å². The third-order valence-corrected chi connectivity index (χ3v) is 1.52. The zero-order valence-electron chi connectivity index (χ0n) is 5.96. The number of amides is 1. The van der Waals surface area contributed by atoms with Crippen LogP contribution >= 0.6 is 0 Å². The lowest BCUT2D eigenvalue weighted by molar-refractivity contribution is 0.167. The fourth-order valence-corrected chi connectivity index (χ4v) is 0.961. The normalized spacial score (nSPS) is 17.3. The predicted octanol–water partition coefficient (Wildman–Crippen LogP) is 1.06. The highest BCUT2D eigenvalue weighted by Gasteiger charge is 2.12. The number of ether oxygens (including phenoxy) is 1. The molecule has 0 heterocycles. The Kier molecular flexibility index (Phi) is 2.31. The van der Waals surface area contributed by atoms with Gasteiger partial charge in [0.15, 0.2) is 0 Å². The molecule has 0 radical (unpaired) electrons. The third-order valence-electron chi connectivity index (χ3n) is 1.52. The molecule has 1 rings (SSSR count). The van der Waals surface area contributed by atoms with Crippen LogP contribution in [0.3, 0.4) is 0 Å². The third kappa shape index (κ3) is 1.76. The molecule has 10 heavy (non-hydrogen) atoms. The fourth-order valence-electron chi connectivity index (χ4n) is 0.961. The lowest BCUT2D eigenvalue weighted by atomic mass is 10.2. The Balaban J connectivity index is 2.19. The van der Waals surface area contributed by atoms with Crippen molar-refractivity contribution in [2.75, 3.05) is 7.11 Å². The number of methoxy groups -OCH3 is 1. The van der Waals surface area contributed by atoms with Gasteiger partial charge < -0.3 is 10.1 Å². The minimum Gasteiger partial charge on any atom is -0.453 e. The minimum absolute atomic E-state index is 0.257. The summed E-state index contributed by atoms with van der Waals surface area (Å²) in [6.45, 7) is 0. The first kappa shape index (κ1) is 7.12. The zero-order chi connectivity index (χ0) is 7.40. The summed E-state index contributed by atoms with van der Waals surface area (Å²) in [4.78, 5) is 10.6. The topological polar surface area (TPSA) is 38.3 Å².